The van der Waals surface area contributed by atoms with Crippen LogP contribution < -0.4 is 5.56 Å². The molecule has 0 aliphatic heterocycles. The highest BCUT2D eigenvalue weighted by molar-refractivity contribution is 8.00. The fourth-order valence-corrected chi connectivity index (χ4v) is 4.78. The third kappa shape index (κ3) is 4.27. The molecule has 1 unspecified atom stereocenters. The number of aromatic nitrogens is 3. The molecule has 164 valence electrons. The summed E-state index contributed by atoms with van der Waals surface area (Å²) in [4.78, 5) is 45.9. The van der Waals surface area contributed by atoms with Gasteiger partial charge in [-0.25, -0.2) is 9.78 Å². The Morgan fingerprint density at radius 2 is 1.90 bits per heavy atom. The molecule has 2 aromatic heterocycles. The number of hydrogen-bond acceptors (Lipinski definition) is 6. The quantitative estimate of drug-likeness (QED) is 0.247. The van der Waals surface area contributed by atoms with E-state index < -0.39 is 11.2 Å². The second-order valence-electron chi connectivity index (χ2n) is 7.57. The van der Waals surface area contributed by atoms with Gasteiger partial charge in [-0.1, -0.05) is 23.4 Å². The number of halogens is 1. The van der Waals surface area contributed by atoms with Crippen LogP contribution in [0.4, 0.5) is 0 Å². The van der Waals surface area contributed by atoms with Crippen LogP contribution in [0.2, 0.25) is 5.02 Å². The van der Waals surface area contributed by atoms with Gasteiger partial charge in [0.25, 0.3) is 5.56 Å². The first-order valence-corrected chi connectivity index (χ1v) is 11.0. The number of nitrogens with one attached hydrogen (secondary N) is 1. The monoisotopic (exact) mass is 461 g/mol. The summed E-state index contributed by atoms with van der Waals surface area (Å²) in [5.74, 6) is -0.691. The molecule has 2 heterocycles. The minimum atomic E-state index is -0.559. The molecule has 0 spiro atoms. The number of esters is 1. The van der Waals surface area contributed by atoms with Crippen molar-refractivity contribution in [3.8, 4) is 0 Å². The van der Waals surface area contributed by atoms with Crippen molar-refractivity contribution in [2.24, 2.45) is 0 Å². The maximum absolute atomic E-state index is 13.2. The molecule has 7 nitrogen and oxygen atoms in total. The maximum Gasteiger partial charge on any atom is 0.339 e. The van der Waals surface area contributed by atoms with Crippen molar-refractivity contribution in [1.82, 2.24) is 14.5 Å². The lowest BCUT2D eigenvalue weighted by Crippen LogP contribution is -2.26. The van der Waals surface area contributed by atoms with E-state index in [-0.39, 0.29) is 17.4 Å². The summed E-state index contributed by atoms with van der Waals surface area (Å²) in [5.41, 5.74) is 2.12. The van der Waals surface area contributed by atoms with Crippen molar-refractivity contribution in [3.63, 3.8) is 0 Å². The Bertz CT molecular complexity index is 1250. The molecule has 9 heteroatoms. The molecule has 0 saturated heterocycles. The van der Waals surface area contributed by atoms with E-state index in [0.29, 0.717) is 43.6 Å². The number of ketones is 1. The predicted molar refractivity (Wildman–Crippen MR) is 123 cm³/mol. The Morgan fingerprint density at radius 3 is 2.52 bits per heavy atom. The van der Waals surface area contributed by atoms with Gasteiger partial charge in [-0.3, -0.25) is 14.2 Å². The van der Waals surface area contributed by atoms with Crippen molar-refractivity contribution in [2.75, 3.05) is 7.11 Å². The maximum atomic E-state index is 13.2. The molecule has 0 bridgehead atoms. The number of ether oxygens (including phenoxy) is 1. The number of carbonyl (C=O) groups excluding carboxylic acids is 2. The molecule has 1 aromatic carbocycles. The number of nitrogens with zero attached hydrogens (tertiary/aromatic N) is 2. The highest BCUT2D eigenvalue weighted by Gasteiger charge is 2.27. The zero-order valence-corrected chi connectivity index (χ0v) is 19.8. The van der Waals surface area contributed by atoms with Gasteiger partial charge < -0.3 is 9.72 Å². The number of methoxy groups -OCH3 is 1. The number of benzene rings is 1. The summed E-state index contributed by atoms with van der Waals surface area (Å²) in [6.45, 7) is 8.96. The third-order valence-electron chi connectivity index (χ3n) is 5.07. The zero-order valence-electron chi connectivity index (χ0n) is 18.2. The second-order valence-corrected chi connectivity index (χ2v) is 9.31. The molecule has 0 aliphatic carbocycles. The Labute approximate surface area is 189 Å². The molecule has 0 fully saturated rings. The Morgan fingerprint density at radius 1 is 1.23 bits per heavy atom. The minimum absolute atomic E-state index is 0.148. The number of aromatic amines is 1. The summed E-state index contributed by atoms with van der Waals surface area (Å²) in [5, 5.41) is 0.829. The van der Waals surface area contributed by atoms with E-state index in [1.54, 1.807) is 43.5 Å². The Hall–Kier alpha value is -2.58. The number of rotatable bonds is 6. The summed E-state index contributed by atoms with van der Waals surface area (Å²) in [7, 11) is 1.30. The fourth-order valence-electron chi connectivity index (χ4n) is 3.51. The van der Waals surface area contributed by atoms with Gasteiger partial charge in [0.2, 0.25) is 0 Å². The number of aryl methyl sites for hydroxylation is 1. The van der Waals surface area contributed by atoms with Crippen molar-refractivity contribution < 1.29 is 14.3 Å². The molecule has 0 saturated carbocycles. The van der Waals surface area contributed by atoms with Crippen LogP contribution in [0.15, 0.2) is 28.2 Å². The van der Waals surface area contributed by atoms with E-state index in [2.05, 4.69) is 9.97 Å². The SMILES string of the molecule is COC(=O)c1c(C)[nH]c(C(=O)C(C)Sc2nc3cc(Cl)ccc3c(=O)n2C(C)C)c1C. The average molecular weight is 462 g/mol. The molecule has 3 aromatic rings. The van der Waals surface area contributed by atoms with Crippen LogP contribution in [-0.4, -0.2) is 38.6 Å². The molecule has 3 rings (SSSR count). The topological polar surface area (TPSA) is 94.1 Å². The van der Waals surface area contributed by atoms with Crippen LogP contribution in [0.5, 0.6) is 0 Å². The van der Waals surface area contributed by atoms with Crippen LogP contribution in [0, 0.1) is 13.8 Å². The summed E-state index contributed by atoms with van der Waals surface area (Å²) in [6, 6.07) is 4.81. The number of thioether (sulfide) groups is 1. The molecular weight excluding hydrogens is 438 g/mol. The summed E-state index contributed by atoms with van der Waals surface area (Å²) in [6.07, 6.45) is 0. The predicted octanol–water partition coefficient (Wildman–Crippen LogP) is 4.73. The first-order chi connectivity index (χ1) is 14.6. The molecule has 1 N–H and O–H groups in total. The van der Waals surface area contributed by atoms with Gasteiger partial charge in [0.15, 0.2) is 10.9 Å². The Kier molecular flexibility index (Phi) is 6.62. The van der Waals surface area contributed by atoms with Gasteiger partial charge in [0, 0.05) is 16.8 Å². The van der Waals surface area contributed by atoms with Gasteiger partial charge in [0.05, 0.1) is 34.5 Å². The third-order valence-corrected chi connectivity index (χ3v) is 6.37. The minimum Gasteiger partial charge on any atom is -0.465 e. The number of H-pyrrole nitrogens is 1. The summed E-state index contributed by atoms with van der Waals surface area (Å²) >= 11 is 7.28. The largest absolute Gasteiger partial charge is 0.465 e. The first kappa shape index (κ1) is 23.1. The van der Waals surface area contributed by atoms with Crippen LogP contribution in [0.3, 0.4) is 0 Å². The highest BCUT2D eigenvalue weighted by atomic mass is 35.5. The number of fused-ring (bicyclic) bond motifs is 1. The van der Waals surface area contributed by atoms with Crippen molar-refractivity contribution >= 4 is 46.0 Å². The molecule has 0 amide bonds. The zero-order chi connectivity index (χ0) is 23.0. The van der Waals surface area contributed by atoms with Crippen LogP contribution in [0.25, 0.3) is 10.9 Å². The fraction of sp³-hybridized carbons (Fsp3) is 0.364. The van der Waals surface area contributed by atoms with Gasteiger partial charge in [-0.2, -0.15) is 0 Å². The van der Waals surface area contributed by atoms with E-state index in [9.17, 15) is 14.4 Å². The lowest BCUT2D eigenvalue weighted by atomic mass is 10.1. The molecule has 0 radical (unpaired) electrons. The van der Waals surface area contributed by atoms with Crippen molar-refractivity contribution in [1.29, 1.82) is 0 Å². The molecule has 0 aliphatic rings. The second kappa shape index (κ2) is 8.88. The highest BCUT2D eigenvalue weighted by Crippen LogP contribution is 2.29. The van der Waals surface area contributed by atoms with Crippen molar-refractivity contribution in [2.45, 2.75) is 51.1 Å². The Balaban J connectivity index is 2.03. The lowest BCUT2D eigenvalue weighted by Gasteiger charge is -2.18. The average Bonchev–Trinajstić information content (AvgIpc) is 3.00. The summed E-state index contributed by atoms with van der Waals surface area (Å²) < 4.78 is 6.40. The molecule has 31 heavy (non-hydrogen) atoms. The van der Waals surface area contributed by atoms with Crippen LogP contribution in [0.1, 0.15) is 58.9 Å². The van der Waals surface area contributed by atoms with E-state index in [4.69, 9.17) is 16.3 Å². The number of hydrogen-bond donors (Lipinski definition) is 1. The number of carbonyl (C=O) groups is 2. The normalized spacial score (nSPS) is 12.4. The standard InChI is InChI=1S/C22H24ClN3O4S/c1-10(2)26-20(28)15-8-7-14(23)9-16(15)25-22(26)31-13(5)19(27)18-11(3)17(12(4)24-18)21(29)30-6/h7-10,13,24H,1-6H3. The van der Waals surface area contributed by atoms with Crippen molar-refractivity contribution in [3.05, 3.63) is 56.1 Å². The van der Waals surface area contributed by atoms with E-state index in [1.165, 1.54) is 18.9 Å². The number of Topliss-reactive ketones (excluding diaryl/α,β-unsaturated/α-hetero) is 1. The molecule has 1 atom stereocenters. The van der Waals surface area contributed by atoms with Gasteiger partial charge in [0.1, 0.15) is 0 Å². The van der Waals surface area contributed by atoms with Gasteiger partial charge in [-0.15, -0.1) is 0 Å². The smallest absolute Gasteiger partial charge is 0.339 e. The van der Waals surface area contributed by atoms with Gasteiger partial charge >= 0.3 is 5.97 Å². The molecular formula is C22H24ClN3O4S. The van der Waals surface area contributed by atoms with Gasteiger partial charge in [-0.05, 0) is 58.4 Å². The van der Waals surface area contributed by atoms with E-state index in [0.717, 1.165) is 0 Å². The van der Waals surface area contributed by atoms with E-state index in [1.807, 2.05) is 13.8 Å². The van der Waals surface area contributed by atoms with Crippen LogP contribution in [-0.2, 0) is 4.74 Å². The van der Waals surface area contributed by atoms with Crippen LogP contribution >= 0.6 is 23.4 Å². The lowest BCUT2D eigenvalue weighted by molar-refractivity contribution is 0.0599. The first-order valence-electron chi connectivity index (χ1n) is 9.76. The van der Waals surface area contributed by atoms with E-state index >= 15 is 0 Å².